The minimum absolute atomic E-state index is 0.0928. The minimum Gasteiger partial charge on any atom is -0.633 e. The standard InChI is InChI=1S/C19H19NO5/c1-20(22)6-5-11-8-14-19(25-9-24-14)17-15(11)12(20)7-10-3-4-13(23-2)18(21)16(10)17/h3-4,8,12,21H,5-7,9H2,1-2H3. The van der Waals surface area contributed by atoms with Crippen LogP contribution in [0.2, 0.25) is 0 Å². The molecule has 2 atom stereocenters. The van der Waals surface area contributed by atoms with Gasteiger partial charge in [0.25, 0.3) is 0 Å². The number of fused-ring (bicyclic) bond motifs is 4. The van der Waals surface area contributed by atoms with Gasteiger partial charge in [-0.2, -0.15) is 0 Å². The van der Waals surface area contributed by atoms with E-state index in [2.05, 4.69) is 0 Å². The minimum atomic E-state index is -0.314. The fraction of sp³-hybridized carbons (Fsp3) is 0.368. The van der Waals surface area contributed by atoms with Crippen molar-refractivity contribution in [2.75, 3.05) is 27.5 Å². The van der Waals surface area contributed by atoms with Gasteiger partial charge < -0.3 is 29.2 Å². The highest BCUT2D eigenvalue weighted by atomic mass is 16.7. The monoisotopic (exact) mass is 341 g/mol. The van der Waals surface area contributed by atoms with Crippen LogP contribution in [0.1, 0.15) is 22.7 Å². The molecule has 2 aliphatic heterocycles. The molecule has 130 valence electrons. The number of likely N-dealkylation sites (N-methyl/N-ethyl adjacent to an activating group) is 1. The van der Waals surface area contributed by atoms with Crippen molar-refractivity contribution in [3.05, 3.63) is 40.1 Å². The summed E-state index contributed by atoms with van der Waals surface area (Å²) >= 11 is 0. The van der Waals surface area contributed by atoms with Gasteiger partial charge in [0.15, 0.2) is 23.0 Å². The third-order valence-corrected chi connectivity index (χ3v) is 5.72. The Bertz CT molecular complexity index is 905. The maximum Gasteiger partial charge on any atom is 0.231 e. The van der Waals surface area contributed by atoms with Crippen molar-refractivity contribution >= 4 is 0 Å². The van der Waals surface area contributed by atoms with Gasteiger partial charge in [-0.1, -0.05) is 6.07 Å². The lowest BCUT2D eigenvalue weighted by atomic mass is 9.76. The normalized spacial score (nSPS) is 25.3. The number of phenols is 1. The second kappa shape index (κ2) is 4.80. The molecule has 0 fully saturated rings. The third-order valence-electron chi connectivity index (χ3n) is 5.72. The number of benzene rings is 2. The number of hydrogen-bond acceptors (Lipinski definition) is 5. The number of ether oxygens (including phenoxy) is 3. The Morgan fingerprint density at radius 1 is 1.24 bits per heavy atom. The number of quaternary nitrogens is 1. The predicted molar refractivity (Wildman–Crippen MR) is 90.8 cm³/mol. The summed E-state index contributed by atoms with van der Waals surface area (Å²) in [5.74, 6) is 1.81. The van der Waals surface area contributed by atoms with Crippen molar-refractivity contribution in [3.63, 3.8) is 0 Å². The van der Waals surface area contributed by atoms with Gasteiger partial charge in [0.2, 0.25) is 6.79 Å². The molecule has 6 heteroatoms. The second-order valence-corrected chi connectivity index (χ2v) is 7.08. The van der Waals surface area contributed by atoms with E-state index in [1.165, 1.54) is 7.11 Å². The maximum absolute atomic E-state index is 13.1. The second-order valence-electron chi connectivity index (χ2n) is 7.08. The molecule has 2 aromatic carbocycles. The Morgan fingerprint density at radius 3 is 2.88 bits per heavy atom. The molecule has 6 nitrogen and oxygen atoms in total. The van der Waals surface area contributed by atoms with Crippen molar-refractivity contribution < 1.29 is 24.0 Å². The molecule has 2 aromatic rings. The Labute approximate surface area is 145 Å². The van der Waals surface area contributed by atoms with Gasteiger partial charge >= 0.3 is 0 Å². The van der Waals surface area contributed by atoms with Crippen molar-refractivity contribution in [2.24, 2.45) is 0 Å². The first-order chi connectivity index (χ1) is 12.0. The molecule has 0 amide bonds. The molecule has 25 heavy (non-hydrogen) atoms. The molecule has 0 bridgehead atoms. The largest absolute Gasteiger partial charge is 0.633 e. The smallest absolute Gasteiger partial charge is 0.231 e. The Balaban J connectivity index is 1.89. The number of phenolic OH excluding ortho intramolecular Hbond substituents is 1. The summed E-state index contributed by atoms with van der Waals surface area (Å²) in [6.07, 6.45) is 1.28. The molecule has 3 aliphatic rings. The number of nitrogens with zero attached hydrogens (tertiary/aromatic N) is 1. The average Bonchev–Trinajstić information content (AvgIpc) is 3.06. The molecule has 1 N–H and O–H groups in total. The highest BCUT2D eigenvalue weighted by molar-refractivity contribution is 5.88. The topological polar surface area (TPSA) is 71.0 Å². The summed E-state index contributed by atoms with van der Waals surface area (Å²) in [5, 5.41) is 23.9. The first-order valence-electron chi connectivity index (χ1n) is 8.42. The zero-order valence-electron chi connectivity index (χ0n) is 14.2. The van der Waals surface area contributed by atoms with E-state index in [1.807, 2.05) is 12.1 Å². The van der Waals surface area contributed by atoms with Gasteiger partial charge in [-0.25, -0.2) is 0 Å². The van der Waals surface area contributed by atoms with E-state index in [1.54, 1.807) is 13.1 Å². The third kappa shape index (κ3) is 1.86. The van der Waals surface area contributed by atoms with Gasteiger partial charge in [-0.05, 0) is 23.3 Å². The van der Waals surface area contributed by atoms with Crippen molar-refractivity contribution in [1.82, 2.24) is 0 Å². The molecule has 0 aromatic heterocycles. The zero-order chi connectivity index (χ0) is 17.3. The van der Waals surface area contributed by atoms with Gasteiger partial charge in [0, 0.05) is 29.5 Å². The van der Waals surface area contributed by atoms with E-state index in [-0.39, 0.29) is 23.2 Å². The maximum atomic E-state index is 13.1. The van der Waals surface area contributed by atoms with E-state index in [4.69, 9.17) is 14.2 Å². The molecular formula is C19H19NO5. The van der Waals surface area contributed by atoms with Crippen LogP contribution in [0.5, 0.6) is 23.0 Å². The Hall–Kier alpha value is -2.44. The van der Waals surface area contributed by atoms with E-state index in [0.717, 1.165) is 22.3 Å². The molecule has 0 spiro atoms. The van der Waals surface area contributed by atoms with Crippen molar-refractivity contribution in [1.29, 1.82) is 0 Å². The number of hydrogen-bond donors (Lipinski definition) is 1. The van der Waals surface area contributed by atoms with Crippen LogP contribution in [0.3, 0.4) is 0 Å². The van der Waals surface area contributed by atoms with Crippen LogP contribution in [-0.2, 0) is 12.8 Å². The van der Waals surface area contributed by atoms with Gasteiger partial charge in [-0.15, -0.1) is 0 Å². The fourth-order valence-electron chi connectivity index (χ4n) is 4.45. The molecule has 5 rings (SSSR count). The first-order valence-corrected chi connectivity index (χ1v) is 8.42. The quantitative estimate of drug-likeness (QED) is 0.638. The summed E-state index contributed by atoms with van der Waals surface area (Å²) in [6.45, 7) is 0.688. The van der Waals surface area contributed by atoms with Gasteiger partial charge in [-0.3, -0.25) is 0 Å². The molecule has 2 heterocycles. The predicted octanol–water partition coefficient (Wildman–Crippen LogP) is 2.89. The summed E-state index contributed by atoms with van der Waals surface area (Å²) in [6, 6.07) is 5.47. The molecule has 0 saturated carbocycles. The highest BCUT2D eigenvalue weighted by Crippen LogP contribution is 2.58. The molecule has 0 radical (unpaired) electrons. The molecule has 1 aliphatic carbocycles. The van der Waals surface area contributed by atoms with Gasteiger partial charge in [0.1, 0.15) is 6.04 Å². The summed E-state index contributed by atoms with van der Waals surface area (Å²) < 4.78 is 16.3. The lowest BCUT2D eigenvalue weighted by molar-refractivity contribution is -0.894. The number of methoxy groups -OCH3 is 1. The molecule has 0 saturated heterocycles. The first kappa shape index (κ1) is 14.9. The van der Waals surface area contributed by atoms with Crippen LogP contribution in [-0.4, -0.2) is 37.2 Å². The Kier molecular flexibility index (Phi) is 2.86. The highest BCUT2D eigenvalue weighted by Gasteiger charge is 2.43. The fourth-order valence-corrected chi connectivity index (χ4v) is 4.45. The lowest BCUT2D eigenvalue weighted by Crippen LogP contribution is -2.48. The van der Waals surface area contributed by atoms with E-state index < -0.39 is 0 Å². The van der Waals surface area contributed by atoms with Crippen LogP contribution in [0.4, 0.5) is 0 Å². The number of aromatic hydroxyl groups is 1. The van der Waals surface area contributed by atoms with Crippen LogP contribution in [0.15, 0.2) is 18.2 Å². The van der Waals surface area contributed by atoms with Crippen LogP contribution in [0.25, 0.3) is 11.1 Å². The van der Waals surface area contributed by atoms with Crippen LogP contribution in [0, 0.1) is 5.21 Å². The van der Waals surface area contributed by atoms with E-state index in [9.17, 15) is 10.3 Å². The van der Waals surface area contributed by atoms with Crippen LogP contribution >= 0.6 is 0 Å². The summed E-state index contributed by atoms with van der Waals surface area (Å²) in [7, 11) is 3.26. The van der Waals surface area contributed by atoms with E-state index >= 15 is 0 Å². The van der Waals surface area contributed by atoms with Crippen molar-refractivity contribution in [2.45, 2.75) is 18.9 Å². The summed E-state index contributed by atoms with van der Waals surface area (Å²) in [4.78, 5) is 0. The Morgan fingerprint density at radius 2 is 2.08 bits per heavy atom. The molecular weight excluding hydrogens is 322 g/mol. The lowest BCUT2D eigenvalue weighted by Gasteiger charge is -2.51. The zero-order valence-corrected chi connectivity index (χ0v) is 14.2. The average molecular weight is 341 g/mol. The van der Waals surface area contributed by atoms with Crippen LogP contribution < -0.4 is 14.2 Å². The number of hydroxylamine groups is 3. The van der Waals surface area contributed by atoms with Gasteiger partial charge in [0.05, 0.1) is 20.7 Å². The summed E-state index contributed by atoms with van der Waals surface area (Å²) in [5.41, 5.74) is 4.55. The molecule has 2 unspecified atom stereocenters. The SMILES string of the molecule is COc1ccc2c(c1O)-c1c3c(cc4c1C(C2)[N+](C)([O-])CC4)OCO3. The van der Waals surface area contributed by atoms with E-state index in [0.29, 0.717) is 42.2 Å². The van der Waals surface area contributed by atoms with Crippen molar-refractivity contribution in [3.8, 4) is 34.1 Å². The number of rotatable bonds is 1.